The van der Waals surface area contributed by atoms with Crippen LogP contribution in [-0.4, -0.2) is 23.1 Å². The maximum absolute atomic E-state index is 5.12. The first-order chi connectivity index (χ1) is 8.22. The molecule has 0 aliphatic carbocycles. The molecule has 1 aromatic heterocycles. The van der Waals surface area contributed by atoms with Crippen molar-refractivity contribution in [1.29, 1.82) is 0 Å². The first kappa shape index (κ1) is 11.9. The van der Waals surface area contributed by atoms with Crippen molar-refractivity contribution in [3.8, 4) is 5.88 Å². The molecule has 0 saturated heterocycles. The maximum atomic E-state index is 5.12. The number of nitrogens with one attached hydrogen (secondary N) is 1. The summed E-state index contributed by atoms with van der Waals surface area (Å²) in [5.41, 5.74) is 5.82. The number of ether oxygens (including phenoxy) is 1. The lowest BCUT2D eigenvalue weighted by atomic mass is 10.1. The molecule has 1 N–H and O–H groups in total. The van der Waals surface area contributed by atoms with E-state index in [1.165, 1.54) is 5.57 Å². The van der Waals surface area contributed by atoms with Gasteiger partial charge in [0.05, 0.1) is 19.3 Å². The second kappa shape index (κ2) is 5.19. The molecule has 17 heavy (non-hydrogen) atoms. The Bertz CT molecular complexity index is 417. The average molecular weight is 233 g/mol. The summed E-state index contributed by atoms with van der Waals surface area (Å²) in [5, 5.41) is 2.09. The first-order valence-corrected chi connectivity index (χ1v) is 5.96. The molecule has 1 aromatic rings. The Hall–Kier alpha value is -1.55. The molecular weight excluding hydrogens is 214 g/mol. The van der Waals surface area contributed by atoms with Crippen molar-refractivity contribution in [3.05, 3.63) is 35.7 Å². The van der Waals surface area contributed by atoms with E-state index in [0.29, 0.717) is 11.9 Å². The summed E-state index contributed by atoms with van der Waals surface area (Å²) in [5.74, 6) is 0.662. The largest absolute Gasteiger partial charge is 0.481 e. The molecule has 0 saturated carbocycles. The minimum atomic E-state index is 0.422. The molecule has 92 valence electrons. The fourth-order valence-corrected chi connectivity index (χ4v) is 2.00. The lowest BCUT2D eigenvalue weighted by Gasteiger charge is -2.17. The molecule has 1 unspecified atom stereocenters. The van der Waals surface area contributed by atoms with Crippen molar-refractivity contribution in [3.63, 3.8) is 0 Å². The van der Waals surface area contributed by atoms with E-state index in [9.17, 15) is 0 Å². The summed E-state index contributed by atoms with van der Waals surface area (Å²) in [7, 11) is 1.64. The fraction of sp³-hybridized carbons (Fsp3) is 0.462. The molecule has 1 atom stereocenters. The van der Waals surface area contributed by atoms with E-state index in [-0.39, 0.29) is 0 Å². The Kier molecular flexibility index (Phi) is 3.64. The van der Waals surface area contributed by atoms with E-state index in [4.69, 9.17) is 4.74 Å². The summed E-state index contributed by atoms with van der Waals surface area (Å²) in [6, 6.07) is 6.25. The predicted octanol–water partition coefficient (Wildman–Crippen LogP) is 2.09. The molecular formula is C13H19N3O. The lowest BCUT2D eigenvalue weighted by Crippen LogP contribution is -2.34. The van der Waals surface area contributed by atoms with Gasteiger partial charge in [0.15, 0.2) is 0 Å². The van der Waals surface area contributed by atoms with Crippen molar-refractivity contribution < 1.29 is 4.74 Å². The lowest BCUT2D eigenvalue weighted by molar-refractivity contribution is 0.267. The molecule has 4 heteroatoms. The molecule has 0 radical (unpaired) electrons. The Morgan fingerprint density at radius 3 is 2.94 bits per heavy atom. The number of hydrogen-bond donors (Lipinski definition) is 1. The van der Waals surface area contributed by atoms with Crippen LogP contribution in [-0.2, 0) is 6.54 Å². The summed E-state index contributed by atoms with van der Waals surface area (Å²) >= 11 is 0. The fourth-order valence-electron chi connectivity index (χ4n) is 2.00. The summed E-state index contributed by atoms with van der Waals surface area (Å²) in [4.78, 5) is 4.40. The van der Waals surface area contributed by atoms with Crippen LogP contribution in [0.3, 0.4) is 0 Å². The number of aromatic nitrogens is 1. The van der Waals surface area contributed by atoms with E-state index in [0.717, 1.165) is 18.7 Å². The number of methoxy groups -OCH3 is 1. The molecule has 0 fully saturated rings. The van der Waals surface area contributed by atoms with Gasteiger partial charge in [0.1, 0.15) is 0 Å². The number of nitrogens with zero attached hydrogens (tertiary/aromatic N) is 2. The Morgan fingerprint density at radius 1 is 1.47 bits per heavy atom. The zero-order chi connectivity index (χ0) is 12.3. The van der Waals surface area contributed by atoms with Crippen molar-refractivity contribution in [2.75, 3.05) is 7.11 Å². The molecule has 2 rings (SSSR count). The topological polar surface area (TPSA) is 37.4 Å². The smallest absolute Gasteiger partial charge is 0.213 e. The minimum absolute atomic E-state index is 0.422. The SMILES string of the molecule is CCC1=CN(Cc2cccc(OC)n2)NC1C. The van der Waals surface area contributed by atoms with Gasteiger partial charge < -0.3 is 9.75 Å². The van der Waals surface area contributed by atoms with Gasteiger partial charge in [-0.15, -0.1) is 0 Å². The molecule has 0 spiro atoms. The molecule has 0 amide bonds. The van der Waals surface area contributed by atoms with Crippen LogP contribution in [0.1, 0.15) is 26.0 Å². The highest BCUT2D eigenvalue weighted by molar-refractivity contribution is 5.18. The molecule has 1 aliphatic heterocycles. The third-order valence-corrected chi connectivity index (χ3v) is 2.97. The van der Waals surface area contributed by atoms with E-state index in [2.05, 4.69) is 35.5 Å². The third kappa shape index (κ3) is 2.77. The highest BCUT2D eigenvalue weighted by Gasteiger charge is 2.18. The summed E-state index contributed by atoms with van der Waals surface area (Å²) in [6.45, 7) is 5.11. The van der Waals surface area contributed by atoms with Gasteiger partial charge in [0, 0.05) is 18.3 Å². The van der Waals surface area contributed by atoms with Crippen molar-refractivity contribution in [1.82, 2.24) is 15.4 Å². The number of hydrazine groups is 1. The molecule has 0 bridgehead atoms. The van der Waals surface area contributed by atoms with Gasteiger partial charge in [0.25, 0.3) is 0 Å². The van der Waals surface area contributed by atoms with Crippen LogP contribution in [0.2, 0.25) is 0 Å². The van der Waals surface area contributed by atoms with Gasteiger partial charge in [-0.1, -0.05) is 13.0 Å². The van der Waals surface area contributed by atoms with Crippen LogP contribution < -0.4 is 10.2 Å². The van der Waals surface area contributed by atoms with E-state index in [1.54, 1.807) is 7.11 Å². The summed E-state index contributed by atoms with van der Waals surface area (Å²) in [6.07, 6.45) is 3.25. The molecule has 0 aromatic carbocycles. The Balaban J connectivity index is 2.04. The van der Waals surface area contributed by atoms with Crippen molar-refractivity contribution in [2.45, 2.75) is 32.9 Å². The van der Waals surface area contributed by atoms with Gasteiger partial charge in [0.2, 0.25) is 5.88 Å². The van der Waals surface area contributed by atoms with E-state index >= 15 is 0 Å². The van der Waals surface area contributed by atoms with Crippen LogP contribution in [0.5, 0.6) is 5.88 Å². The normalized spacial score (nSPS) is 19.4. The minimum Gasteiger partial charge on any atom is -0.481 e. The third-order valence-electron chi connectivity index (χ3n) is 2.97. The zero-order valence-electron chi connectivity index (χ0n) is 10.6. The second-order valence-corrected chi connectivity index (χ2v) is 4.21. The zero-order valence-corrected chi connectivity index (χ0v) is 10.6. The highest BCUT2D eigenvalue weighted by Crippen LogP contribution is 2.17. The molecule has 4 nitrogen and oxygen atoms in total. The second-order valence-electron chi connectivity index (χ2n) is 4.21. The van der Waals surface area contributed by atoms with Crippen LogP contribution in [0.4, 0.5) is 0 Å². The van der Waals surface area contributed by atoms with Gasteiger partial charge in [-0.05, 0) is 25.0 Å². The predicted molar refractivity (Wildman–Crippen MR) is 67.3 cm³/mol. The monoisotopic (exact) mass is 233 g/mol. The maximum Gasteiger partial charge on any atom is 0.213 e. The van der Waals surface area contributed by atoms with Gasteiger partial charge in [-0.25, -0.2) is 10.4 Å². The highest BCUT2D eigenvalue weighted by atomic mass is 16.5. The molecule has 1 aliphatic rings. The van der Waals surface area contributed by atoms with Crippen LogP contribution in [0.15, 0.2) is 30.0 Å². The summed E-state index contributed by atoms with van der Waals surface area (Å²) < 4.78 is 5.12. The quantitative estimate of drug-likeness (QED) is 0.864. The van der Waals surface area contributed by atoms with E-state index < -0.39 is 0 Å². The van der Waals surface area contributed by atoms with Crippen LogP contribution in [0.25, 0.3) is 0 Å². The number of pyridine rings is 1. The van der Waals surface area contributed by atoms with Crippen molar-refractivity contribution >= 4 is 0 Å². The molecule has 2 heterocycles. The number of rotatable bonds is 4. The van der Waals surface area contributed by atoms with Crippen LogP contribution >= 0.6 is 0 Å². The Morgan fingerprint density at radius 2 is 2.29 bits per heavy atom. The van der Waals surface area contributed by atoms with Gasteiger partial charge in [-0.3, -0.25) is 0 Å². The first-order valence-electron chi connectivity index (χ1n) is 5.96. The Labute approximate surface area is 102 Å². The van der Waals surface area contributed by atoms with Crippen LogP contribution in [0, 0.1) is 0 Å². The van der Waals surface area contributed by atoms with Gasteiger partial charge >= 0.3 is 0 Å². The van der Waals surface area contributed by atoms with E-state index in [1.807, 2.05) is 18.2 Å². The van der Waals surface area contributed by atoms with Gasteiger partial charge in [-0.2, -0.15) is 0 Å². The average Bonchev–Trinajstić information content (AvgIpc) is 2.69. The van der Waals surface area contributed by atoms with Crippen molar-refractivity contribution in [2.24, 2.45) is 0 Å². The number of hydrogen-bond acceptors (Lipinski definition) is 4. The standard InChI is InChI=1S/C13H19N3O/c1-4-11-8-16(15-10(11)2)9-12-6-5-7-13(14-12)17-3/h5-8,10,15H,4,9H2,1-3H3.